The predicted octanol–water partition coefficient (Wildman–Crippen LogP) is 2.61. The third-order valence-electron chi connectivity index (χ3n) is 0.823. The second kappa shape index (κ2) is 5.95. The molecule has 0 aliphatic carbocycles. The number of aromatic nitrogens is 1. The van der Waals surface area contributed by atoms with Gasteiger partial charge in [0.2, 0.25) is 5.75 Å². The summed E-state index contributed by atoms with van der Waals surface area (Å²) >= 11 is 5.43. The molecule has 1 rings (SSSR count). The van der Waals surface area contributed by atoms with Gasteiger partial charge < -0.3 is 4.89 Å². The molecule has 0 saturated heterocycles. The van der Waals surface area contributed by atoms with E-state index in [-0.39, 0.29) is 10.9 Å². The molecular formula is C7H10ClNO2. The van der Waals surface area contributed by atoms with E-state index < -0.39 is 0 Å². The van der Waals surface area contributed by atoms with E-state index in [1.165, 1.54) is 12.3 Å². The molecular weight excluding hydrogens is 166 g/mol. The van der Waals surface area contributed by atoms with Gasteiger partial charge in [0.1, 0.15) is 0 Å². The monoisotopic (exact) mass is 175 g/mol. The fourth-order valence-corrected chi connectivity index (χ4v) is 0.593. The van der Waals surface area contributed by atoms with Crippen LogP contribution >= 0.6 is 11.6 Å². The Morgan fingerprint density at radius 2 is 2.18 bits per heavy atom. The second-order valence-corrected chi connectivity index (χ2v) is 1.74. The van der Waals surface area contributed by atoms with E-state index >= 15 is 0 Å². The second-order valence-electron chi connectivity index (χ2n) is 1.38. The third kappa shape index (κ3) is 3.20. The van der Waals surface area contributed by atoms with Gasteiger partial charge in [0, 0.05) is 6.20 Å². The molecule has 0 bridgehead atoms. The maximum Gasteiger partial charge on any atom is 0.202 e. The van der Waals surface area contributed by atoms with E-state index in [1.54, 1.807) is 6.07 Å². The van der Waals surface area contributed by atoms with Crippen molar-refractivity contribution in [2.24, 2.45) is 0 Å². The summed E-state index contributed by atoms with van der Waals surface area (Å²) in [6.07, 6.45) is 1.50. The Bertz CT molecular complexity index is 205. The molecule has 1 aromatic rings. The summed E-state index contributed by atoms with van der Waals surface area (Å²) in [5.41, 5.74) is 0. The molecule has 3 nitrogen and oxygen atoms in total. The summed E-state index contributed by atoms with van der Waals surface area (Å²) in [4.78, 5) is 7.48. The fraction of sp³-hybridized carbons (Fsp3) is 0.286. The Morgan fingerprint density at radius 3 is 2.55 bits per heavy atom. The van der Waals surface area contributed by atoms with Gasteiger partial charge in [-0.15, -0.1) is 0 Å². The molecule has 0 unspecified atom stereocenters. The Morgan fingerprint density at radius 1 is 1.55 bits per heavy atom. The average molecular weight is 176 g/mol. The summed E-state index contributed by atoms with van der Waals surface area (Å²) in [5.74, 6) is 0.166. The molecule has 1 heterocycles. The minimum absolute atomic E-state index is 0.153. The van der Waals surface area contributed by atoms with E-state index in [4.69, 9.17) is 16.9 Å². The highest BCUT2D eigenvalue weighted by Crippen LogP contribution is 2.18. The molecule has 62 valence electrons. The first-order chi connectivity index (χ1) is 5.34. The summed E-state index contributed by atoms with van der Waals surface area (Å²) < 4.78 is 0. The average Bonchev–Trinajstić information content (AvgIpc) is 2.09. The number of pyridine rings is 1. The molecule has 11 heavy (non-hydrogen) atoms. The van der Waals surface area contributed by atoms with Gasteiger partial charge in [0.15, 0.2) is 5.15 Å². The van der Waals surface area contributed by atoms with Crippen LogP contribution in [0.2, 0.25) is 5.15 Å². The molecule has 4 heteroatoms. The van der Waals surface area contributed by atoms with Crippen LogP contribution in [0.4, 0.5) is 0 Å². The van der Waals surface area contributed by atoms with Gasteiger partial charge in [-0.25, -0.2) is 10.2 Å². The van der Waals surface area contributed by atoms with Crippen molar-refractivity contribution in [3.63, 3.8) is 0 Å². The summed E-state index contributed by atoms with van der Waals surface area (Å²) in [5, 5.41) is 8.25. The van der Waals surface area contributed by atoms with Crippen molar-refractivity contribution in [3.05, 3.63) is 23.5 Å². The first kappa shape index (κ1) is 10.2. The Balaban J connectivity index is 0.000000461. The number of rotatable bonds is 1. The van der Waals surface area contributed by atoms with Crippen LogP contribution in [0.15, 0.2) is 18.3 Å². The minimum Gasteiger partial charge on any atom is -0.337 e. The summed E-state index contributed by atoms with van der Waals surface area (Å²) in [7, 11) is 0. The molecule has 0 fully saturated rings. The van der Waals surface area contributed by atoms with Gasteiger partial charge >= 0.3 is 0 Å². The number of halogens is 1. The van der Waals surface area contributed by atoms with Crippen molar-refractivity contribution < 1.29 is 10.1 Å². The first-order valence-corrected chi connectivity index (χ1v) is 3.64. The highest BCUT2D eigenvalue weighted by molar-refractivity contribution is 6.30. The standard InChI is InChI=1S/C5H4ClNO2.C2H6/c6-5-4(9-8)2-1-3-7-5;1-2/h1-3,8H;1-2H3. The predicted molar refractivity (Wildman–Crippen MR) is 43.9 cm³/mol. The third-order valence-corrected chi connectivity index (χ3v) is 1.11. The van der Waals surface area contributed by atoms with Gasteiger partial charge in [0.05, 0.1) is 0 Å². The van der Waals surface area contributed by atoms with Crippen LogP contribution in [-0.2, 0) is 0 Å². The lowest BCUT2D eigenvalue weighted by molar-refractivity contribution is -0.137. The summed E-state index contributed by atoms with van der Waals surface area (Å²) in [6.45, 7) is 4.00. The van der Waals surface area contributed by atoms with Crippen molar-refractivity contribution in [1.82, 2.24) is 4.98 Å². The lowest BCUT2D eigenvalue weighted by Crippen LogP contribution is -1.85. The summed E-state index contributed by atoms with van der Waals surface area (Å²) in [6, 6.07) is 3.12. The van der Waals surface area contributed by atoms with Crippen LogP contribution < -0.4 is 4.89 Å². The van der Waals surface area contributed by atoms with Crippen LogP contribution in [0.5, 0.6) is 5.75 Å². The zero-order valence-corrected chi connectivity index (χ0v) is 7.17. The van der Waals surface area contributed by atoms with Gasteiger partial charge in [-0.2, -0.15) is 0 Å². The van der Waals surface area contributed by atoms with Gasteiger partial charge in [-0.05, 0) is 12.1 Å². The zero-order chi connectivity index (χ0) is 8.69. The van der Waals surface area contributed by atoms with Crippen molar-refractivity contribution in [3.8, 4) is 5.75 Å². The van der Waals surface area contributed by atoms with Crippen molar-refractivity contribution >= 4 is 11.6 Å². The maximum atomic E-state index is 8.09. The smallest absolute Gasteiger partial charge is 0.202 e. The van der Waals surface area contributed by atoms with E-state index in [0.29, 0.717) is 0 Å². The van der Waals surface area contributed by atoms with E-state index in [1.807, 2.05) is 13.8 Å². The number of hydrogen-bond acceptors (Lipinski definition) is 3. The lowest BCUT2D eigenvalue weighted by Gasteiger charge is -1.94. The highest BCUT2D eigenvalue weighted by atomic mass is 35.5. The molecule has 0 amide bonds. The molecule has 0 aliphatic rings. The normalized spacial score (nSPS) is 8.00. The quantitative estimate of drug-likeness (QED) is 0.405. The molecule has 1 N–H and O–H groups in total. The van der Waals surface area contributed by atoms with Crippen LogP contribution in [0.25, 0.3) is 0 Å². The maximum absolute atomic E-state index is 8.09. The Kier molecular flexibility index (Phi) is 5.51. The molecule has 0 atom stereocenters. The SMILES string of the molecule is CC.OOc1cccnc1Cl. The fourth-order valence-electron chi connectivity index (χ4n) is 0.439. The minimum atomic E-state index is 0.153. The molecule has 0 radical (unpaired) electrons. The largest absolute Gasteiger partial charge is 0.337 e. The lowest BCUT2D eigenvalue weighted by atomic mass is 10.5. The van der Waals surface area contributed by atoms with Gasteiger partial charge in [0.25, 0.3) is 0 Å². The van der Waals surface area contributed by atoms with Crippen LogP contribution in [0.1, 0.15) is 13.8 Å². The number of nitrogens with zero attached hydrogens (tertiary/aromatic N) is 1. The van der Waals surface area contributed by atoms with Gasteiger partial charge in [-0.3, -0.25) is 0 Å². The first-order valence-electron chi connectivity index (χ1n) is 3.26. The van der Waals surface area contributed by atoms with Crippen molar-refractivity contribution in [2.75, 3.05) is 0 Å². The molecule has 0 aromatic carbocycles. The van der Waals surface area contributed by atoms with E-state index in [2.05, 4.69) is 9.87 Å². The molecule has 0 aliphatic heterocycles. The topological polar surface area (TPSA) is 42.4 Å². The van der Waals surface area contributed by atoms with Gasteiger partial charge in [-0.1, -0.05) is 25.4 Å². The zero-order valence-electron chi connectivity index (χ0n) is 6.41. The number of hydrogen-bond donors (Lipinski definition) is 1. The highest BCUT2D eigenvalue weighted by Gasteiger charge is 1.97. The van der Waals surface area contributed by atoms with E-state index in [0.717, 1.165) is 0 Å². The van der Waals surface area contributed by atoms with Crippen LogP contribution in [-0.4, -0.2) is 10.2 Å². The Hall–Kier alpha value is -0.800. The molecule has 1 aromatic heterocycles. The van der Waals surface area contributed by atoms with Crippen LogP contribution in [0, 0.1) is 0 Å². The van der Waals surface area contributed by atoms with Crippen molar-refractivity contribution in [2.45, 2.75) is 13.8 Å². The molecule has 0 spiro atoms. The van der Waals surface area contributed by atoms with E-state index in [9.17, 15) is 0 Å². The Labute approximate surface area is 70.5 Å². The molecule has 0 saturated carbocycles. The van der Waals surface area contributed by atoms with Crippen molar-refractivity contribution in [1.29, 1.82) is 0 Å². The van der Waals surface area contributed by atoms with Crippen LogP contribution in [0.3, 0.4) is 0 Å².